The number of rotatable bonds is 12. The Labute approximate surface area is 246 Å². The lowest BCUT2D eigenvalue weighted by atomic mass is 9.97. The molecule has 5 nitrogen and oxygen atoms in total. The van der Waals surface area contributed by atoms with E-state index in [2.05, 4.69) is 11.7 Å². The van der Waals surface area contributed by atoms with Gasteiger partial charge in [0.2, 0.25) is 0 Å². The number of alkyl halides is 13. The van der Waals surface area contributed by atoms with E-state index in [1.165, 1.54) is 24.3 Å². The summed E-state index contributed by atoms with van der Waals surface area (Å²) in [6, 6.07) is 7.48. The molecule has 0 N–H and O–H groups in total. The molecule has 0 radical (unpaired) electrons. The summed E-state index contributed by atoms with van der Waals surface area (Å²) in [5, 5.41) is 0. The van der Waals surface area contributed by atoms with Crippen molar-refractivity contribution in [3.05, 3.63) is 59.7 Å². The first kappa shape index (κ1) is 36.2. The largest absolute Gasteiger partial charge is 0.471 e. The zero-order valence-electron chi connectivity index (χ0n) is 22.8. The number of carbonyl (C=O) groups is 1. The number of ether oxygens (including phenoxy) is 4. The number of halogens is 13. The Bertz CT molecular complexity index is 1290. The number of carbonyl (C=O) groups excluding carboxylic acids is 1. The normalized spacial score (nSPS) is 18.9. The average molecular weight is 674 g/mol. The van der Waals surface area contributed by atoms with E-state index >= 15 is 0 Å². The molecule has 0 saturated carbocycles. The van der Waals surface area contributed by atoms with E-state index in [4.69, 9.17) is 14.2 Å². The number of hydrogen-bond donors (Lipinski definition) is 0. The van der Waals surface area contributed by atoms with Crippen LogP contribution in [0.25, 0.3) is 0 Å². The molecule has 0 aromatic heterocycles. The van der Waals surface area contributed by atoms with Crippen LogP contribution < -0.4 is 9.47 Å². The van der Waals surface area contributed by atoms with Crippen LogP contribution in [0.2, 0.25) is 0 Å². The van der Waals surface area contributed by atoms with Gasteiger partial charge in [-0.05, 0) is 42.8 Å². The summed E-state index contributed by atoms with van der Waals surface area (Å²) in [7, 11) is 0. The van der Waals surface area contributed by atoms with E-state index in [1.54, 1.807) is 0 Å². The maximum absolute atomic E-state index is 14.0. The van der Waals surface area contributed by atoms with Gasteiger partial charge in [-0.2, -0.15) is 57.1 Å². The molecule has 2 aromatic rings. The molecular formula is C27H23F13O5. The molecule has 2 aromatic carbocycles. The van der Waals surface area contributed by atoms with Crippen LogP contribution in [0.3, 0.4) is 0 Å². The van der Waals surface area contributed by atoms with E-state index in [1.807, 2.05) is 0 Å². The number of benzene rings is 2. The molecule has 0 unspecified atom stereocenters. The van der Waals surface area contributed by atoms with Gasteiger partial charge in [0, 0.05) is 11.5 Å². The van der Waals surface area contributed by atoms with Crippen molar-refractivity contribution in [2.24, 2.45) is 5.92 Å². The van der Waals surface area contributed by atoms with Crippen molar-refractivity contribution in [2.45, 2.75) is 68.5 Å². The van der Waals surface area contributed by atoms with Crippen molar-refractivity contribution < 1.29 is 80.8 Å². The third-order valence-electron chi connectivity index (χ3n) is 6.54. The van der Waals surface area contributed by atoms with Crippen molar-refractivity contribution >= 4 is 5.97 Å². The minimum atomic E-state index is -8.04. The molecule has 3 rings (SSSR count). The van der Waals surface area contributed by atoms with Crippen LogP contribution in [0.1, 0.15) is 48.4 Å². The molecule has 1 saturated heterocycles. The molecule has 45 heavy (non-hydrogen) atoms. The lowest BCUT2D eigenvalue weighted by Gasteiger charge is -2.39. The first-order chi connectivity index (χ1) is 20.6. The Hall–Kier alpha value is -3.28. The van der Waals surface area contributed by atoms with Gasteiger partial charge in [0.15, 0.2) is 6.29 Å². The van der Waals surface area contributed by atoms with Crippen molar-refractivity contribution in [3.63, 3.8) is 0 Å². The van der Waals surface area contributed by atoms with E-state index in [0.29, 0.717) is 43.0 Å². The van der Waals surface area contributed by atoms with Gasteiger partial charge in [-0.3, -0.25) is 0 Å². The molecule has 0 atom stereocenters. The lowest BCUT2D eigenvalue weighted by molar-refractivity contribution is -0.456. The van der Waals surface area contributed by atoms with Gasteiger partial charge in [-0.1, -0.05) is 31.9 Å². The van der Waals surface area contributed by atoms with Crippen LogP contribution in [0.5, 0.6) is 11.5 Å². The lowest BCUT2D eigenvalue weighted by Crippen LogP contribution is -2.70. The highest BCUT2D eigenvalue weighted by atomic mass is 19.4. The molecule has 1 aliphatic rings. The first-order valence-corrected chi connectivity index (χ1v) is 12.9. The highest BCUT2D eigenvalue weighted by molar-refractivity contribution is 5.91. The fourth-order valence-electron chi connectivity index (χ4n) is 3.88. The van der Waals surface area contributed by atoms with Gasteiger partial charge < -0.3 is 18.9 Å². The van der Waals surface area contributed by atoms with Crippen LogP contribution in [0.4, 0.5) is 57.1 Å². The van der Waals surface area contributed by atoms with Crippen LogP contribution >= 0.6 is 0 Å². The molecule has 18 heteroatoms. The average Bonchev–Trinajstić information content (AvgIpc) is 2.96. The van der Waals surface area contributed by atoms with E-state index in [9.17, 15) is 61.9 Å². The van der Waals surface area contributed by atoms with E-state index in [0.717, 1.165) is 19.3 Å². The Balaban J connectivity index is 1.65. The monoisotopic (exact) mass is 674 g/mol. The maximum atomic E-state index is 14.0. The molecular weight excluding hydrogens is 651 g/mol. The minimum absolute atomic E-state index is 0.0410. The quantitative estimate of drug-likeness (QED) is 0.128. The standard InChI is InChI=1S/C27H23F13O5/c1-2-3-4-15-13-42-21(43-14-15)17-7-5-16(6-8-17)20(41)44-18-9-11-19(12-10-18)45-27(39,40)25(34,35)23(30,31)22(28,29)24(32,33)26(36,37)38/h5-12,15,21H,2-4,13-14H2,1H3. The second-order valence-electron chi connectivity index (χ2n) is 9.90. The highest BCUT2D eigenvalue weighted by Crippen LogP contribution is 2.60. The molecule has 1 aliphatic heterocycles. The van der Waals surface area contributed by atoms with E-state index in [-0.39, 0.29) is 11.5 Å². The van der Waals surface area contributed by atoms with Crippen molar-refractivity contribution in [2.75, 3.05) is 13.2 Å². The van der Waals surface area contributed by atoms with Crippen LogP contribution in [-0.2, 0) is 9.47 Å². The summed E-state index contributed by atoms with van der Waals surface area (Å²) in [4.78, 5) is 12.4. The fraction of sp³-hybridized carbons (Fsp3) is 0.519. The second kappa shape index (κ2) is 12.8. The predicted molar refractivity (Wildman–Crippen MR) is 127 cm³/mol. The molecule has 0 aliphatic carbocycles. The topological polar surface area (TPSA) is 54.0 Å². The van der Waals surface area contributed by atoms with Crippen molar-refractivity contribution in [1.29, 1.82) is 0 Å². The Morgan fingerprint density at radius 3 is 1.69 bits per heavy atom. The second-order valence-corrected chi connectivity index (χ2v) is 9.90. The number of hydrogen-bond acceptors (Lipinski definition) is 5. The summed E-state index contributed by atoms with van der Waals surface area (Å²) in [6.45, 7) is 3.00. The molecule has 0 bridgehead atoms. The molecule has 1 heterocycles. The Morgan fingerprint density at radius 1 is 0.711 bits per heavy atom. The van der Waals surface area contributed by atoms with Crippen LogP contribution in [-0.4, -0.2) is 55.2 Å². The molecule has 0 amide bonds. The van der Waals surface area contributed by atoms with Crippen LogP contribution in [0.15, 0.2) is 48.5 Å². The smallest absolute Gasteiger partial charge is 0.428 e. The number of unbranched alkanes of at least 4 members (excludes halogenated alkanes) is 1. The summed E-state index contributed by atoms with van der Waals surface area (Å²) in [5.74, 6) is -34.2. The highest BCUT2D eigenvalue weighted by Gasteiger charge is 2.91. The third kappa shape index (κ3) is 7.10. The molecule has 252 valence electrons. The molecule has 0 spiro atoms. The SMILES string of the molecule is CCCCC1COC(c2ccc(C(=O)Oc3ccc(OC(F)(F)C(F)(F)C(F)(F)C(F)(F)C(F)(F)C(F)(F)F)cc3)cc2)OC1. The zero-order valence-corrected chi connectivity index (χ0v) is 22.8. The van der Waals surface area contributed by atoms with Gasteiger partial charge >= 0.3 is 41.9 Å². The summed E-state index contributed by atoms with van der Waals surface area (Å²) >= 11 is 0. The van der Waals surface area contributed by atoms with Crippen molar-refractivity contribution in [1.82, 2.24) is 0 Å². The Kier molecular flexibility index (Phi) is 10.3. The van der Waals surface area contributed by atoms with Gasteiger partial charge in [0.25, 0.3) is 0 Å². The van der Waals surface area contributed by atoms with Gasteiger partial charge in [0.05, 0.1) is 18.8 Å². The predicted octanol–water partition coefficient (Wildman–Crippen LogP) is 8.83. The fourth-order valence-corrected chi connectivity index (χ4v) is 3.88. The zero-order chi connectivity index (χ0) is 34.1. The summed E-state index contributed by atoms with van der Waals surface area (Å²) < 4.78 is 192. The maximum Gasteiger partial charge on any atom is 0.471 e. The van der Waals surface area contributed by atoms with Crippen molar-refractivity contribution in [3.8, 4) is 11.5 Å². The number of esters is 1. The summed E-state index contributed by atoms with van der Waals surface area (Å²) in [6.07, 6.45) is -12.0. The first-order valence-electron chi connectivity index (χ1n) is 12.9. The molecule has 1 fully saturated rings. The van der Waals surface area contributed by atoms with E-state index < -0.39 is 59.7 Å². The Morgan fingerprint density at radius 2 is 1.20 bits per heavy atom. The third-order valence-corrected chi connectivity index (χ3v) is 6.54. The van der Waals surface area contributed by atoms with Crippen LogP contribution in [0, 0.1) is 5.92 Å². The van der Waals surface area contributed by atoms with Gasteiger partial charge in [0.1, 0.15) is 11.5 Å². The van der Waals surface area contributed by atoms with Gasteiger partial charge in [-0.25, -0.2) is 4.79 Å². The minimum Gasteiger partial charge on any atom is -0.428 e. The van der Waals surface area contributed by atoms with Gasteiger partial charge in [-0.15, -0.1) is 0 Å². The summed E-state index contributed by atoms with van der Waals surface area (Å²) in [5.41, 5.74) is 0.533.